The fraction of sp³-hybridized carbons (Fsp3) is 0.526. The summed E-state index contributed by atoms with van der Waals surface area (Å²) in [6.45, 7) is 7.42. The first-order valence-electron chi connectivity index (χ1n) is 8.77. The van der Waals surface area contributed by atoms with E-state index in [1.807, 2.05) is 31.2 Å². The van der Waals surface area contributed by atoms with Crippen molar-refractivity contribution >= 4 is 17.0 Å². The number of aryl methyl sites for hydroxylation is 1. The maximum atomic E-state index is 12.7. The first kappa shape index (κ1) is 17.8. The van der Waals surface area contributed by atoms with Crippen LogP contribution in [0.15, 0.2) is 28.7 Å². The van der Waals surface area contributed by atoms with E-state index in [0.717, 1.165) is 22.3 Å². The summed E-state index contributed by atoms with van der Waals surface area (Å²) in [5, 5.41) is 13.4. The van der Waals surface area contributed by atoms with Crippen molar-refractivity contribution < 1.29 is 19.1 Å². The van der Waals surface area contributed by atoms with Crippen molar-refractivity contribution in [3.8, 4) is 0 Å². The molecule has 1 fully saturated rings. The zero-order valence-electron chi connectivity index (χ0n) is 15.0. The molecule has 136 valence electrons. The Labute approximate surface area is 147 Å². The van der Waals surface area contributed by atoms with Gasteiger partial charge in [-0.25, -0.2) is 4.79 Å². The van der Waals surface area contributed by atoms with E-state index in [1.165, 1.54) is 0 Å². The molecule has 6 nitrogen and oxygen atoms in total. The Morgan fingerprint density at radius 1 is 1.40 bits per heavy atom. The van der Waals surface area contributed by atoms with Crippen LogP contribution < -0.4 is 5.32 Å². The summed E-state index contributed by atoms with van der Waals surface area (Å²) in [6, 6.07) is 7.54. The number of aliphatic hydroxyl groups is 1. The number of furan rings is 1. The second-order valence-electron chi connectivity index (χ2n) is 6.88. The molecule has 1 aromatic carbocycles. The number of nitrogens with zero attached hydrogens (tertiary/aromatic N) is 1. The van der Waals surface area contributed by atoms with Crippen molar-refractivity contribution in [1.29, 1.82) is 0 Å². The van der Waals surface area contributed by atoms with E-state index in [4.69, 9.17) is 9.15 Å². The smallest absolute Gasteiger partial charge is 0.318 e. The molecule has 6 heteroatoms. The van der Waals surface area contributed by atoms with Crippen molar-refractivity contribution in [3.63, 3.8) is 0 Å². The van der Waals surface area contributed by atoms with Gasteiger partial charge in [0.15, 0.2) is 0 Å². The van der Waals surface area contributed by atoms with Crippen molar-refractivity contribution in [3.05, 3.63) is 35.6 Å². The minimum atomic E-state index is -0.315. The molecule has 0 aliphatic carbocycles. The van der Waals surface area contributed by atoms with Crippen LogP contribution in [0.25, 0.3) is 11.0 Å². The van der Waals surface area contributed by atoms with Gasteiger partial charge in [-0.15, -0.1) is 0 Å². The fourth-order valence-corrected chi connectivity index (χ4v) is 3.26. The molecule has 2 aromatic rings. The summed E-state index contributed by atoms with van der Waals surface area (Å²) in [7, 11) is 0. The van der Waals surface area contributed by atoms with Gasteiger partial charge in [0.1, 0.15) is 11.3 Å². The van der Waals surface area contributed by atoms with E-state index in [0.29, 0.717) is 19.7 Å². The Morgan fingerprint density at radius 3 is 2.84 bits per heavy atom. The lowest BCUT2D eigenvalue weighted by Gasteiger charge is -2.33. The largest absolute Gasteiger partial charge is 0.459 e. The quantitative estimate of drug-likeness (QED) is 0.893. The third kappa shape index (κ3) is 3.65. The summed E-state index contributed by atoms with van der Waals surface area (Å²) >= 11 is 0. The van der Waals surface area contributed by atoms with Crippen LogP contribution in [0.2, 0.25) is 0 Å². The van der Waals surface area contributed by atoms with E-state index in [9.17, 15) is 9.90 Å². The molecule has 0 unspecified atom stereocenters. The van der Waals surface area contributed by atoms with Gasteiger partial charge in [-0.05, 0) is 18.9 Å². The molecule has 0 radical (unpaired) electrons. The van der Waals surface area contributed by atoms with Crippen molar-refractivity contribution in [2.24, 2.45) is 5.92 Å². The maximum absolute atomic E-state index is 12.7. The summed E-state index contributed by atoms with van der Waals surface area (Å²) in [5.41, 5.74) is 1.89. The van der Waals surface area contributed by atoms with Gasteiger partial charge in [0.25, 0.3) is 0 Å². The molecule has 0 bridgehead atoms. The molecule has 3 rings (SSSR count). The van der Waals surface area contributed by atoms with Crippen LogP contribution in [0, 0.1) is 12.8 Å². The van der Waals surface area contributed by atoms with Gasteiger partial charge in [-0.1, -0.05) is 32.0 Å². The summed E-state index contributed by atoms with van der Waals surface area (Å²) in [6.07, 6.45) is -0.315. The number of benzene rings is 1. The monoisotopic (exact) mass is 346 g/mol. The highest BCUT2D eigenvalue weighted by atomic mass is 16.5. The van der Waals surface area contributed by atoms with Gasteiger partial charge >= 0.3 is 6.03 Å². The average Bonchev–Trinajstić information content (AvgIpc) is 2.96. The Morgan fingerprint density at radius 2 is 2.16 bits per heavy atom. The summed E-state index contributed by atoms with van der Waals surface area (Å²) in [5.74, 6) is 0.981. The number of para-hydroxylation sites is 1. The lowest BCUT2D eigenvalue weighted by molar-refractivity contribution is -0.0407. The highest BCUT2D eigenvalue weighted by Gasteiger charge is 2.29. The van der Waals surface area contributed by atoms with E-state index in [2.05, 4.69) is 19.2 Å². The third-order valence-electron chi connectivity index (χ3n) is 4.74. The average molecular weight is 346 g/mol. The lowest BCUT2D eigenvalue weighted by Crippen LogP contribution is -2.51. The molecule has 2 atom stereocenters. The number of carbonyl (C=O) groups excluding carboxylic acids is 1. The molecule has 0 saturated carbocycles. The van der Waals surface area contributed by atoms with Crippen LogP contribution in [-0.2, 0) is 4.74 Å². The Balaban J connectivity index is 1.81. The minimum Gasteiger partial charge on any atom is -0.459 e. The molecule has 1 aliphatic rings. The van der Waals surface area contributed by atoms with Crippen molar-refractivity contribution in [2.45, 2.75) is 32.9 Å². The summed E-state index contributed by atoms with van der Waals surface area (Å²) < 4.78 is 11.5. The van der Waals surface area contributed by atoms with Crippen LogP contribution in [-0.4, -0.2) is 48.4 Å². The second kappa shape index (κ2) is 7.45. The van der Waals surface area contributed by atoms with Crippen LogP contribution >= 0.6 is 0 Å². The third-order valence-corrected chi connectivity index (χ3v) is 4.74. The Hall–Kier alpha value is -2.05. The number of morpholine rings is 1. The number of fused-ring (bicyclic) bond motifs is 1. The number of urea groups is 1. The van der Waals surface area contributed by atoms with E-state index in [-0.39, 0.29) is 30.7 Å². The number of hydrogen-bond donors (Lipinski definition) is 2. The van der Waals surface area contributed by atoms with Gasteiger partial charge in [0.2, 0.25) is 0 Å². The molecule has 2 heterocycles. The lowest BCUT2D eigenvalue weighted by atomic mass is 9.98. The number of rotatable bonds is 4. The molecule has 2 amide bonds. The number of nitrogens with one attached hydrogen (secondary N) is 1. The highest BCUT2D eigenvalue weighted by Crippen LogP contribution is 2.32. The fourth-order valence-electron chi connectivity index (χ4n) is 3.26. The number of hydrogen-bond acceptors (Lipinski definition) is 4. The molecular formula is C19H26N2O4. The Kier molecular flexibility index (Phi) is 5.30. The van der Waals surface area contributed by atoms with Gasteiger partial charge in [-0.2, -0.15) is 0 Å². The molecule has 1 saturated heterocycles. The van der Waals surface area contributed by atoms with E-state index < -0.39 is 0 Å². The summed E-state index contributed by atoms with van der Waals surface area (Å²) in [4.78, 5) is 14.4. The van der Waals surface area contributed by atoms with Crippen molar-refractivity contribution in [1.82, 2.24) is 10.2 Å². The van der Waals surface area contributed by atoms with Crippen LogP contribution in [0.4, 0.5) is 4.79 Å². The molecule has 1 aliphatic heterocycles. The van der Waals surface area contributed by atoms with Crippen molar-refractivity contribution in [2.75, 3.05) is 26.3 Å². The predicted molar refractivity (Wildman–Crippen MR) is 95.5 cm³/mol. The molecule has 2 N–H and O–H groups in total. The Bertz CT molecular complexity index is 740. The normalized spacial score (nSPS) is 19.4. The molecule has 0 spiro atoms. The number of amides is 2. The van der Waals surface area contributed by atoms with Gasteiger partial charge in [-0.3, -0.25) is 0 Å². The predicted octanol–water partition coefficient (Wildman–Crippen LogP) is 2.84. The highest BCUT2D eigenvalue weighted by molar-refractivity contribution is 5.82. The topological polar surface area (TPSA) is 74.9 Å². The van der Waals surface area contributed by atoms with Crippen LogP contribution in [0.1, 0.15) is 31.2 Å². The maximum Gasteiger partial charge on any atom is 0.318 e. The number of carbonyl (C=O) groups is 1. The number of ether oxygens (including phenoxy) is 1. The van der Waals surface area contributed by atoms with E-state index >= 15 is 0 Å². The first-order chi connectivity index (χ1) is 12.0. The van der Waals surface area contributed by atoms with Crippen LogP contribution in [0.3, 0.4) is 0 Å². The van der Waals surface area contributed by atoms with Gasteiger partial charge in [0.05, 0.1) is 31.9 Å². The standard InChI is InChI=1S/C19H26N2O4/c1-12(2)17(18-13(3)15-6-4-5-7-16(15)25-18)20-19(23)21-8-9-24-14(10-21)11-22/h4-7,12,14,17,22H,8-11H2,1-3H3,(H,20,23)/t14-,17+/m0/s1. The molecular weight excluding hydrogens is 320 g/mol. The zero-order chi connectivity index (χ0) is 18.0. The van der Waals surface area contributed by atoms with Gasteiger partial charge in [0, 0.05) is 17.5 Å². The second-order valence-corrected chi connectivity index (χ2v) is 6.88. The van der Waals surface area contributed by atoms with Crippen LogP contribution in [0.5, 0.6) is 0 Å². The minimum absolute atomic E-state index is 0.0833. The SMILES string of the molecule is Cc1c([C@H](NC(=O)N2CCO[C@H](CO)C2)C(C)C)oc2ccccc12. The van der Waals surface area contributed by atoms with Gasteiger partial charge < -0.3 is 24.5 Å². The van der Waals surface area contributed by atoms with E-state index in [1.54, 1.807) is 4.90 Å². The first-order valence-corrected chi connectivity index (χ1v) is 8.77. The molecule has 25 heavy (non-hydrogen) atoms. The number of aliphatic hydroxyl groups excluding tert-OH is 1. The molecule has 1 aromatic heterocycles. The zero-order valence-corrected chi connectivity index (χ0v) is 15.0.